The molecule has 0 aromatic rings. The number of carbonyl (C=O) groups is 1. The smallest absolute Gasteiger partial charge is 0.330 e. The number of ether oxygens (including phenoxy) is 1. The molecule has 2 N–H and O–H groups in total. The minimum atomic E-state index is -0.863. The highest BCUT2D eigenvalue weighted by atomic mass is 16.5. The number of hydrogen-bond acceptors (Lipinski definition) is 4. The average Bonchev–Trinajstić information content (AvgIpc) is 2.14. The fourth-order valence-electron chi connectivity index (χ4n) is 0.851. The lowest BCUT2D eigenvalue weighted by atomic mass is 10.0. The Morgan fingerprint density at radius 1 is 1.50 bits per heavy atom. The summed E-state index contributed by atoms with van der Waals surface area (Å²) in [5, 5.41) is 9.80. The fourth-order valence-corrected chi connectivity index (χ4v) is 0.851. The van der Waals surface area contributed by atoms with Gasteiger partial charge < -0.3 is 15.5 Å². The van der Waals surface area contributed by atoms with Crippen molar-refractivity contribution in [3.8, 4) is 0 Å². The Bertz CT molecular complexity index is 280. The van der Waals surface area contributed by atoms with Crippen LogP contribution in [0.25, 0.3) is 0 Å². The number of esters is 1. The van der Waals surface area contributed by atoms with Gasteiger partial charge in [0, 0.05) is 17.5 Å². The van der Waals surface area contributed by atoms with Crippen LogP contribution in [0.4, 0.5) is 0 Å². The van der Waals surface area contributed by atoms with Crippen molar-refractivity contribution in [1.29, 1.82) is 5.41 Å². The second kappa shape index (κ2) is 4.60. The van der Waals surface area contributed by atoms with Crippen molar-refractivity contribution >= 4 is 12.2 Å². The van der Waals surface area contributed by atoms with Gasteiger partial charge in [-0.3, -0.25) is 0 Å². The van der Waals surface area contributed by atoms with Crippen LogP contribution in [0.5, 0.6) is 0 Å². The minimum Gasteiger partial charge on any atom is -0.467 e. The van der Waals surface area contributed by atoms with E-state index in [0.29, 0.717) is 11.3 Å². The van der Waals surface area contributed by atoms with Crippen LogP contribution in [0.3, 0.4) is 0 Å². The molecule has 0 amide bonds. The third-order valence-corrected chi connectivity index (χ3v) is 1.72. The van der Waals surface area contributed by atoms with Crippen molar-refractivity contribution in [1.82, 2.24) is 5.32 Å². The molecule has 0 rings (SSSR count). The molecule has 4 nitrogen and oxygen atoms in total. The van der Waals surface area contributed by atoms with E-state index in [4.69, 9.17) is 5.41 Å². The predicted octanol–water partition coefficient (Wildman–Crippen LogP) is 1.25. The van der Waals surface area contributed by atoms with Crippen molar-refractivity contribution in [3.63, 3.8) is 0 Å². The van der Waals surface area contributed by atoms with Gasteiger partial charge in [-0.1, -0.05) is 13.2 Å². The SMILES string of the molecule is C=C(C=N)C(=C)NC(C)(C)C(=O)OC. The van der Waals surface area contributed by atoms with Crippen LogP contribution in [0, 0.1) is 5.41 Å². The minimum absolute atomic E-state index is 0.392. The van der Waals surface area contributed by atoms with Gasteiger partial charge in [0.15, 0.2) is 0 Å². The molecule has 0 fully saturated rings. The zero-order valence-corrected chi connectivity index (χ0v) is 8.81. The molecule has 78 valence electrons. The zero-order chi connectivity index (χ0) is 11.4. The number of hydrogen-bond donors (Lipinski definition) is 2. The maximum atomic E-state index is 11.3. The number of methoxy groups -OCH3 is 1. The summed E-state index contributed by atoms with van der Waals surface area (Å²) in [4.78, 5) is 11.3. The lowest BCUT2D eigenvalue weighted by molar-refractivity contribution is -0.146. The lowest BCUT2D eigenvalue weighted by Crippen LogP contribution is -2.46. The van der Waals surface area contributed by atoms with Crippen molar-refractivity contribution in [3.05, 3.63) is 24.4 Å². The normalized spacial score (nSPS) is 10.2. The van der Waals surface area contributed by atoms with Crippen LogP contribution < -0.4 is 5.32 Å². The van der Waals surface area contributed by atoms with Gasteiger partial charge >= 0.3 is 5.97 Å². The Labute approximate surface area is 84.2 Å². The van der Waals surface area contributed by atoms with Gasteiger partial charge in [-0.25, -0.2) is 4.79 Å². The molecule has 0 spiro atoms. The van der Waals surface area contributed by atoms with Crippen LogP contribution in [0.15, 0.2) is 24.4 Å². The summed E-state index contributed by atoms with van der Waals surface area (Å²) in [5.74, 6) is -0.392. The van der Waals surface area contributed by atoms with E-state index in [2.05, 4.69) is 23.2 Å². The van der Waals surface area contributed by atoms with E-state index in [-0.39, 0.29) is 0 Å². The first-order valence-corrected chi connectivity index (χ1v) is 4.10. The Balaban J connectivity index is 4.51. The Morgan fingerprint density at radius 2 is 2.00 bits per heavy atom. The first-order chi connectivity index (χ1) is 6.35. The molecule has 0 aliphatic rings. The molecular formula is C10H16N2O2. The van der Waals surface area contributed by atoms with E-state index >= 15 is 0 Å². The van der Waals surface area contributed by atoms with Crippen LogP contribution in [0.1, 0.15) is 13.8 Å². The second-order valence-electron chi connectivity index (χ2n) is 3.39. The standard InChI is InChI=1S/C10H16N2O2/c1-7(6-11)8(2)12-10(3,4)9(13)14-5/h6,11-12H,1-2H2,3-5H3. The molecular weight excluding hydrogens is 180 g/mol. The average molecular weight is 196 g/mol. The van der Waals surface area contributed by atoms with Gasteiger partial charge in [-0.2, -0.15) is 0 Å². The van der Waals surface area contributed by atoms with Crippen molar-refractivity contribution in [2.45, 2.75) is 19.4 Å². The summed E-state index contributed by atoms with van der Waals surface area (Å²) < 4.78 is 4.60. The molecule has 0 saturated carbocycles. The van der Waals surface area contributed by atoms with Gasteiger partial charge in [0.1, 0.15) is 5.54 Å². The first-order valence-electron chi connectivity index (χ1n) is 4.10. The third kappa shape index (κ3) is 3.05. The summed E-state index contributed by atoms with van der Waals surface area (Å²) in [7, 11) is 1.32. The predicted molar refractivity (Wildman–Crippen MR) is 56.3 cm³/mol. The molecule has 0 unspecified atom stereocenters. The van der Waals surface area contributed by atoms with E-state index in [0.717, 1.165) is 6.21 Å². The molecule has 0 atom stereocenters. The van der Waals surface area contributed by atoms with E-state index in [1.807, 2.05) is 0 Å². The highest BCUT2D eigenvalue weighted by molar-refractivity contribution is 5.83. The van der Waals surface area contributed by atoms with Crippen molar-refractivity contribution in [2.75, 3.05) is 7.11 Å². The summed E-state index contributed by atoms with van der Waals surface area (Å²) in [5.41, 5.74) is 0.00926. The van der Waals surface area contributed by atoms with Gasteiger partial charge in [0.25, 0.3) is 0 Å². The number of rotatable bonds is 5. The van der Waals surface area contributed by atoms with E-state index in [1.54, 1.807) is 13.8 Å². The van der Waals surface area contributed by atoms with Crippen molar-refractivity contribution < 1.29 is 9.53 Å². The topological polar surface area (TPSA) is 62.2 Å². The maximum Gasteiger partial charge on any atom is 0.330 e. The molecule has 14 heavy (non-hydrogen) atoms. The Morgan fingerprint density at radius 3 is 2.36 bits per heavy atom. The summed E-state index contributed by atoms with van der Waals surface area (Å²) in [6.07, 6.45) is 1.07. The molecule has 0 aliphatic heterocycles. The number of nitrogens with one attached hydrogen (secondary N) is 2. The lowest BCUT2D eigenvalue weighted by Gasteiger charge is -2.25. The van der Waals surface area contributed by atoms with Crippen LogP contribution in [-0.4, -0.2) is 24.8 Å². The molecule has 0 aromatic heterocycles. The van der Waals surface area contributed by atoms with Gasteiger partial charge in [-0.05, 0) is 13.8 Å². The molecule has 4 heteroatoms. The molecule has 0 aliphatic carbocycles. The first kappa shape index (κ1) is 12.4. The van der Waals surface area contributed by atoms with Gasteiger partial charge in [0.2, 0.25) is 0 Å². The molecule has 0 saturated heterocycles. The summed E-state index contributed by atoms with van der Waals surface area (Å²) in [6, 6.07) is 0. The second-order valence-corrected chi connectivity index (χ2v) is 3.39. The molecule has 0 bridgehead atoms. The van der Waals surface area contributed by atoms with E-state index < -0.39 is 11.5 Å². The summed E-state index contributed by atoms with van der Waals surface area (Å²) in [6.45, 7) is 10.6. The van der Waals surface area contributed by atoms with Crippen LogP contribution in [-0.2, 0) is 9.53 Å². The van der Waals surface area contributed by atoms with Gasteiger partial charge in [0.05, 0.1) is 7.11 Å². The number of carbonyl (C=O) groups excluding carboxylic acids is 1. The van der Waals surface area contributed by atoms with E-state index in [9.17, 15) is 4.79 Å². The van der Waals surface area contributed by atoms with Crippen LogP contribution >= 0.6 is 0 Å². The zero-order valence-electron chi connectivity index (χ0n) is 8.81. The molecule has 0 radical (unpaired) electrons. The highest BCUT2D eigenvalue weighted by Crippen LogP contribution is 2.09. The highest BCUT2D eigenvalue weighted by Gasteiger charge is 2.28. The largest absolute Gasteiger partial charge is 0.467 e. The Hall–Kier alpha value is -1.58. The quantitative estimate of drug-likeness (QED) is 0.395. The van der Waals surface area contributed by atoms with E-state index in [1.165, 1.54) is 7.11 Å². The summed E-state index contributed by atoms with van der Waals surface area (Å²) >= 11 is 0. The molecule has 0 aromatic carbocycles. The van der Waals surface area contributed by atoms with Gasteiger partial charge in [-0.15, -0.1) is 0 Å². The Kier molecular flexibility index (Phi) is 4.08. The molecule has 0 heterocycles. The van der Waals surface area contributed by atoms with Crippen molar-refractivity contribution in [2.24, 2.45) is 0 Å². The third-order valence-electron chi connectivity index (χ3n) is 1.72. The number of allylic oxidation sites excluding steroid dienone is 1. The maximum absolute atomic E-state index is 11.3. The van der Waals surface area contributed by atoms with Crippen LogP contribution in [0.2, 0.25) is 0 Å². The monoisotopic (exact) mass is 196 g/mol. The fraction of sp³-hybridized carbons (Fsp3) is 0.400.